The fourth-order valence-corrected chi connectivity index (χ4v) is 15.1. The SMILES string of the molecule is CCCCCCCCCCCCCCCCCCCCCCCC(=O)O[C@H](COC(=O)CCCCCCCCCCCCCCCCC(C)CC)COP(=O)(O)OC[C@@H](O)COP(=O)(O)OC[C@@H](COC(=O)CCCCCCCCCCC(C)CC)OC(=O)CCCCCCCCCCCCCCC(C)C. The van der Waals surface area contributed by atoms with Gasteiger partial charge in [0.2, 0.25) is 0 Å². The van der Waals surface area contributed by atoms with Crippen molar-refractivity contribution in [2.24, 2.45) is 17.8 Å². The molecule has 3 N–H and O–H groups in total. The quantitative estimate of drug-likeness (QED) is 0.0222. The molecule has 0 saturated carbocycles. The van der Waals surface area contributed by atoms with Gasteiger partial charge in [0.15, 0.2) is 12.2 Å². The zero-order chi connectivity index (χ0) is 77.9. The Bertz CT molecular complexity index is 2050. The summed E-state index contributed by atoms with van der Waals surface area (Å²) in [6.45, 7) is 12.0. The highest BCUT2D eigenvalue weighted by molar-refractivity contribution is 7.47. The third-order valence-corrected chi connectivity index (χ3v) is 23.0. The minimum Gasteiger partial charge on any atom is -0.462 e. The molecule has 4 unspecified atom stereocenters. The second kappa shape index (κ2) is 77.0. The van der Waals surface area contributed by atoms with Crippen molar-refractivity contribution in [3.05, 3.63) is 0 Å². The molecular weight excluding hydrogens is 1380 g/mol. The first-order valence-electron chi connectivity index (χ1n) is 44.9. The van der Waals surface area contributed by atoms with E-state index in [-0.39, 0.29) is 25.7 Å². The molecule has 0 fully saturated rings. The second-order valence-electron chi connectivity index (χ2n) is 32.2. The van der Waals surface area contributed by atoms with E-state index in [1.807, 2.05) is 0 Å². The number of ether oxygens (including phenoxy) is 4. The average molecular weight is 1550 g/mol. The molecule has 0 saturated heterocycles. The van der Waals surface area contributed by atoms with Crippen LogP contribution in [0.2, 0.25) is 0 Å². The summed E-state index contributed by atoms with van der Waals surface area (Å²) in [7, 11) is -9.93. The normalized spacial score (nSPS) is 14.4. The van der Waals surface area contributed by atoms with Gasteiger partial charge < -0.3 is 33.8 Å². The van der Waals surface area contributed by atoms with E-state index in [0.717, 1.165) is 108 Å². The number of phosphoric acid groups is 2. The molecule has 7 atom stereocenters. The number of hydrogen-bond acceptors (Lipinski definition) is 15. The van der Waals surface area contributed by atoms with Crippen molar-refractivity contribution in [2.45, 2.75) is 478 Å². The highest BCUT2D eigenvalue weighted by Crippen LogP contribution is 2.45. The number of aliphatic hydroxyl groups is 1. The molecule has 0 aromatic carbocycles. The van der Waals surface area contributed by atoms with Crippen LogP contribution in [0.4, 0.5) is 0 Å². The van der Waals surface area contributed by atoms with Gasteiger partial charge in [0.1, 0.15) is 19.3 Å². The van der Waals surface area contributed by atoms with Gasteiger partial charge in [0.25, 0.3) is 0 Å². The molecule has 0 bridgehead atoms. The molecule has 0 rings (SSSR count). The average Bonchev–Trinajstić information content (AvgIpc) is 0.900. The maximum atomic E-state index is 13.2. The monoisotopic (exact) mass is 1550 g/mol. The number of phosphoric ester groups is 2. The predicted molar refractivity (Wildman–Crippen MR) is 437 cm³/mol. The number of hydrogen-bond donors (Lipinski definition) is 3. The van der Waals surface area contributed by atoms with Crippen LogP contribution in [0.15, 0.2) is 0 Å². The number of carbonyl (C=O) groups excluding carboxylic acids is 4. The van der Waals surface area contributed by atoms with E-state index >= 15 is 0 Å². The number of carbonyl (C=O) groups is 4. The van der Waals surface area contributed by atoms with Crippen LogP contribution in [0, 0.1) is 17.8 Å². The third-order valence-electron chi connectivity index (χ3n) is 21.1. The van der Waals surface area contributed by atoms with E-state index in [0.29, 0.717) is 25.7 Å². The van der Waals surface area contributed by atoms with E-state index in [2.05, 4.69) is 48.5 Å². The van der Waals surface area contributed by atoms with Crippen molar-refractivity contribution in [3.63, 3.8) is 0 Å². The Kier molecular flexibility index (Phi) is 75.6. The highest BCUT2D eigenvalue weighted by atomic mass is 31.2. The summed E-state index contributed by atoms with van der Waals surface area (Å²) in [5.74, 6) is 0.300. The molecule has 630 valence electrons. The Morgan fingerprint density at radius 2 is 0.481 bits per heavy atom. The van der Waals surface area contributed by atoms with E-state index < -0.39 is 97.5 Å². The Morgan fingerprint density at radius 3 is 0.717 bits per heavy atom. The summed E-state index contributed by atoms with van der Waals surface area (Å²) in [5.41, 5.74) is 0. The second-order valence-corrected chi connectivity index (χ2v) is 35.1. The molecule has 0 aliphatic carbocycles. The summed E-state index contributed by atoms with van der Waals surface area (Å²) < 4.78 is 69.0. The minimum absolute atomic E-state index is 0.107. The van der Waals surface area contributed by atoms with Crippen LogP contribution in [0.5, 0.6) is 0 Å². The van der Waals surface area contributed by atoms with Crippen molar-refractivity contribution in [1.82, 2.24) is 0 Å². The molecule has 0 aliphatic rings. The summed E-state index contributed by atoms with van der Waals surface area (Å²) in [4.78, 5) is 73.3. The molecule has 0 amide bonds. The summed E-state index contributed by atoms with van der Waals surface area (Å²) in [6, 6.07) is 0. The van der Waals surface area contributed by atoms with Crippen LogP contribution in [0.25, 0.3) is 0 Å². The maximum Gasteiger partial charge on any atom is 0.472 e. The zero-order valence-corrected chi connectivity index (χ0v) is 71.7. The fourth-order valence-electron chi connectivity index (χ4n) is 13.5. The lowest BCUT2D eigenvalue weighted by Gasteiger charge is -2.21. The van der Waals surface area contributed by atoms with Crippen LogP contribution >= 0.6 is 15.6 Å². The summed E-state index contributed by atoms with van der Waals surface area (Å²) in [6.07, 6.45) is 67.9. The van der Waals surface area contributed by atoms with Gasteiger partial charge in [-0.15, -0.1) is 0 Å². The van der Waals surface area contributed by atoms with Gasteiger partial charge in [-0.3, -0.25) is 37.3 Å². The number of unbranched alkanes of at least 4 members (excludes halogenated alkanes) is 51. The molecule has 0 heterocycles. The standard InChI is InChI=1S/C87H170O17P2/c1-8-11-12-13-14-15-16-17-18-19-20-21-22-23-24-29-35-40-49-56-63-70-86(91)103-82(74-97-84(89)68-61-54-47-39-34-28-26-25-27-33-38-45-52-59-66-79(6)9-2)76-101-105(93,94)99-72-81(88)73-100-106(95,96)102-77-83(75-98-85(90)69-62-55-48-43-42-46-53-60-67-80(7)10-3)104-87(92)71-64-57-50-41-36-31-30-32-37-44-51-58-65-78(4)5/h78-83,88H,8-77H2,1-7H3,(H,93,94)(H,95,96)/t79?,80?,81-,82-,83-/m1/s1. The van der Waals surface area contributed by atoms with Crippen molar-refractivity contribution in [3.8, 4) is 0 Å². The third kappa shape index (κ3) is 77.4. The van der Waals surface area contributed by atoms with E-state index in [9.17, 15) is 43.2 Å². The first-order valence-corrected chi connectivity index (χ1v) is 47.9. The fraction of sp³-hybridized carbons (Fsp3) is 0.954. The van der Waals surface area contributed by atoms with Gasteiger partial charge in [0.05, 0.1) is 26.4 Å². The van der Waals surface area contributed by atoms with Gasteiger partial charge in [-0.1, -0.05) is 408 Å². The van der Waals surface area contributed by atoms with Gasteiger partial charge in [-0.2, -0.15) is 0 Å². The molecule has 0 radical (unpaired) electrons. The maximum absolute atomic E-state index is 13.2. The zero-order valence-electron chi connectivity index (χ0n) is 69.9. The van der Waals surface area contributed by atoms with Crippen molar-refractivity contribution < 1.29 is 80.2 Å². The van der Waals surface area contributed by atoms with Gasteiger partial charge >= 0.3 is 39.5 Å². The van der Waals surface area contributed by atoms with E-state index in [4.69, 9.17) is 37.0 Å². The Morgan fingerprint density at radius 1 is 0.274 bits per heavy atom. The lowest BCUT2D eigenvalue weighted by molar-refractivity contribution is -0.161. The van der Waals surface area contributed by atoms with Gasteiger partial charge in [-0.05, 0) is 43.4 Å². The van der Waals surface area contributed by atoms with Crippen LogP contribution in [0.3, 0.4) is 0 Å². The van der Waals surface area contributed by atoms with Crippen LogP contribution in [0.1, 0.15) is 459 Å². The van der Waals surface area contributed by atoms with Crippen LogP contribution in [-0.2, 0) is 65.4 Å². The van der Waals surface area contributed by atoms with Gasteiger partial charge in [0, 0.05) is 25.7 Å². The first kappa shape index (κ1) is 104. The largest absolute Gasteiger partial charge is 0.472 e. The smallest absolute Gasteiger partial charge is 0.462 e. The van der Waals surface area contributed by atoms with Crippen molar-refractivity contribution in [2.75, 3.05) is 39.6 Å². The Balaban J connectivity index is 5.26. The molecular formula is C87H170O17P2. The number of rotatable bonds is 85. The molecule has 0 aromatic rings. The number of esters is 4. The molecule has 0 spiro atoms. The van der Waals surface area contributed by atoms with E-state index in [1.165, 1.54) is 270 Å². The molecule has 106 heavy (non-hydrogen) atoms. The molecule has 0 aromatic heterocycles. The van der Waals surface area contributed by atoms with Crippen LogP contribution < -0.4 is 0 Å². The topological polar surface area (TPSA) is 237 Å². The van der Waals surface area contributed by atoms with Gasteiger partial charge in [-0.25, -0.2) is 9.13 Å². The highest BCUT2D eigenvalue weighted by Gasteiger charge is 2.31. The number of aliphatic hydroxyl groups excluding tert-OH is 1. The lowest BCUT2D eigenvalue weighted by Crippen LogP contribution is -2.30. The van der Waals surface area contributed by atoms with Crippen molar-refractivity contribution in [1.29, 1.82) is 0 Å². The van der Waals surface area contributed by atoms with Crippen LogP contribution in [-0.4, -0.2) is 96.7 Å². The molecule has 17 nitrogen and oxygen atoms in total. The lowest BCUT2D eigenvalue weighted by atomic mass is 9.99. The van der Waals surface area contributed by atoms with E-state index in [1.54, 1.807) is 0 Å². The summed E-state index contributed by atoms with van der Waals surface area (Å²) in [5, 5.41) is 10.7. The molecule has 0 aliphatic heterocycles. The Labute approximate surface area is 651 Å². The summed E-state index contributed by atoms with van der Waals surface area (Å²) >= 11 is 0. The van der Waals surface area contributed by atoms with Crippen molar-refractivity contribution >= 4 is 39.5 Å². The minimum atomic E-state index is -4.97. The predicted octanol–water partition coefficient (Wildman–Crippen LogP) is 26.5. The Hall–Kier alpha value is -1.94. The first-order chi connectivity index (χ1) is 51.3. The molecule has 19 heteroatoms.